The summed E-state index contributed by atoms with van der Waals surface area (Å²) in [6.45, 7) is 6.54. The zero-order valence-corrected chi connectivity index (χ0v) is 8.08. The van der Waals surface area contributed by atoms with Crippen LogP contribution < -0.4 is 0 Å². The fourth-order valence-corrected chi connectivity index (χ4v) is 1.28. The van der Waals surface area contributed by atoms with Gasteiger partial charge in [0.25, 0.3) is 0 Å². The summed E-state index contributed by atoms with van der Waals surface area (Å²) in [4.78, 5) is 4.08. The Balaban J connectivity index is 1.98. The normalized spacial score (nSPS) is 16.2. The first kappa shape index (κ1) is 9.43. The Bertz CT molecular complexity index is 143. The van der Waals surface area contributed by atoms with E-state index in [9.17, 15) is 0 Å². The standard InChI is InChI=1S/C10H18N2/c1-3-4-5-6-7-12-9-8-11(2)10-12/h8-9H,3-7H2,1-2H3. The van der Waals surface area contributed by atoms with Gasteiger partial charge < -0.3 is 9.80 Å². The van der Waals surface area contributed by atoms with E-state index in [1.807, 2.05) is 18.1 Å². The van der Waals surface area contributed by atoms with Gasteiger partial charge in [-0.15, -0.1) is 0 Å². The molecule has 1 aliphatic heterocycles. The van der Waals surface area contributed by atoms with E-state index < -0.39 is 0 Å². The van der Waals surface area contributed by atoms with Crippen molar-refractivity contribution in [2.24, 2.45) is 0 Å². The van der Waals surface area contributed by atoms with Crippen LogP contribution in [-0.4, -0.2) is 23.4 Å². The topological polar surface area (TPSA) is 6.48 Å². The summed E-state index contributed by atoms with van der Waals surface area (Å²) in [7, 11) is 2.00. The van der Waals surface area contributed by atoms with Crippen molar-refractivity contribution in [1.82, 2.24) is 9.80 Å². The summed E-state index contributed by atoms with van der Waals surface area (Å²) in [6.07, 6.45) is 9.38. The summed E-state index contributed by atoms with van der Waals surface area (Å²) in [6, 6.07) is 0. The quantitative estimate of drug-likeness (QED) is 0.578. The van der Waals surface area contributed by atoms with Crippen LogP contribution in [0.25, 0.3) is 0 Å². The maximum Gasteiger partial charge on any atom is 0.207 e. The third-order valence-corrected chi connectivity index (χ3v) is 2.01. The Morgan fingerprint density at radius 2 is 2.00 bits per heavy atom. The van der Waals surface area contributed by atoms with Crippen LogP contribution in [0, 0.1) is 6.67 Å². The first-order chi connectivity index (χ1) is 5.83. The third kappa shape index (κ3) is 3.16. The third-order valence-electron chi connectivity index (χ3n) is 2.01. The molecule has 0 aromatic heterocycles. The van der Waals surface area contributed by atoms with E-state index in [4.69, 9.17) is 0 Å². The van der Waals surface area contributed by atoms with E-state index in [1.54, 1.807) is 0 Å². The lowest BCUT2D eigenvalue weighted by Gasteiger charge is -2.14. The first-order valence-electron chi connectivity index (χ1n) is 4.77. The molecule has 68 valence electrons. The highest BCUT2D eigenvalue weighted by Crippen LogP contribution is 2.10. The van der Waals surface area contributed by atoms with Crippen LogP contribution in [0.4, 0.5) is 0 Å². The fraction of sp³-hybridized carbons (Fsp3) is 0.700. The van der Waals surface area contributed by atoms with E-state index in [2.05, 4.69) is 24.7 Å². The average molecular weight is 166 g/mol. The molecule has 0 spiro atoms. The number of hydrogen-bond donors (Lipinski definition) is 0. The SMILES string of the molecule is CCCCCCN1[C]N(C)C=C1. The lowest BCUT2D eigenvalue weighted by atomic mass is 10.2. The Kier molecular flexibility index (Phi) is 3.98. The summed E-state index contributed by atoms with van der Waals surface area (Å²) >= 11 is 0. The van der Waals surface area contributed by atoms with Gasteiger partial charge >= 0.3 is 0 Å². The maximum atomic E-state index is 3.19. The van der Waals surface area contributed by atoms with Gasteiger partial charge in [-0.3, -0.25) is 0 Å². The first-order valence-corrected chi connectivity index (χ1v) is 4.77. The molecule has 2 heteroatoms. The second-order valence-electron chi connectivity index (χ2n) is 3.26. The second-order valence-corrected chi connectivity index (χ2v) is 3.26. The second kappa shape index (κ2) is 5.07. The molecule has 0 aromatic carbocycles. The molecule has 0 saturated heterocycles. The van der Waals surface area contributed by atoms with Gasteiger partial charge in [0, 0.05) is 26.0 Å². The highest BCUT2D eigenvalue weighted by molar-refractivity contribution is 4.94. The van der Waals surface area contributed by atoms with Gasteiger partial charge in [0.2, 0.25) is 6.67 Å². The van der Waals surface area contributed by atoms with Crippen molar-refractivity contribution in [3.63, 3.8) is 0 Å². The summed E-state index contributed by atoms with van der Waals surface area (Å²) in [5.74, 6) is 0. The van der Waals surface area contributed by atoms with Crippen LogP contribution in [0.2, 0.25) is 0 Å². The smallest absolute Gasteiger partial charge is 0.207 e. The molecular weight excluding hydrogens is 148 g/mol. The Morgan fingerprint density at radius 1 is 1.17 bits per heavy atom. The van der Waals surface area contributed by atoms with Crippen molar-refractivity contribution in [3.05, 3.63) is 19.1 Å². The molecule has 1 aliphatic rings. The number of rotatable bonds is 5. The molecule has 0 saturated carbocycles. The average Bonchev–Trinajstić information content (AvgIpc) is 2.45. The Morgan fingerprint density at radius 3 is 2.58 bits per heavy atom. The molecule has 0 bridgehead atoms. The van der Waals surface area contributed by atoms with Gasteiger partial charge in [-0.2, -0.15) is 0 Å². The van der Waals surface area contributed by atoms with Crippen molar-refractivity contribution in [1.29, 1.82) is 0 Å². The molecule has 0 unspecified atom stereocenters. The monoisotopic (exact) mass is 166 g/mol. The zero-order valence-electron chi connectivity index (χ0n) is 8.08. The van der Waals surface area contributed by atoms with E-state index in [1.165, 1.54) is 25.7 Å². The Labute approximate surface area is 75.8 Å². The maximum absolute atomic E-state index is 3.19. The number of hydrogen-bond acceptors (Lipinski definition) is 2. The highest BCUT2D eigenvalue weighted by Gasteiger charge is 2.08. The van der Waals surface area contributed by atoms with E-state index in [0.29, 0.717) is 0 Å². The Hall–Kier alpha value is -0.660. The molecule has 0 aromatic rings. The molecule has 0 atom stereocenters. The predicted octanol–water partition coefficient (Wildman–Crippen LogP) is 2.28. The molecule has 0 fully saturated rings. The summed E-state index contributed by atoms with van der Waals surface area (Å²) in [5, 5.41) is 0. The van der Waals surface area contributed by atoms with E-state index >= 15 is 0 Å². The van der Waals surface area contributed by atoms with Gasteiger partial charge in [0.15, 0.2) is 0 Å². The lowest BCUT2D eigenvalue weighted by Crippen LogP contribution is -2.17. The predicted molar refractivity (Wildman–Crippen MR) is 51.0 cm³/mol. The number of unbranched alkanes of at least 4 members (excludes halogenated alkanes) is 3. The van der Waals surface area contributed by atoms with E-state index in [-0.39, 0.29) is 0 Å². The molecule has 0 N–H and O–H groups in total. The van der Waals surface area contributed by atoms with Crippen molar-refractivity contribution < 1.29 is 0 Å². The van der Waals surface area contributed by atoms with Crippen LogP contribution in [0.15, 0.2) is 12.4 Å². The van der Waals surface area contributed by atoms with Gasteiger partial charge in [-0.1, -0.05) is 26.2 Å². The molecule has 1 heterocycles. The van der Waals surface area contributed by atoms with Crippen molar-refractivity contribution >= 4 is 0 Å². The summed E-state index contributed by atoms with van der Waals surface area (Å²) in [5.41, 5.74) is 0. The van der Waals surface area contributed by atoms with Gasteiger partial charge in [-0.25, -0.2) is 0 Å². The molecule has 2 radical (unpaired) electrons. The largest absolute Gasteiger partial charge is 0.349 e. The van der Waals surface area contributed by atoms with Crippen LogP contribution in [0.1, 0.15) is 32.6 Å². The minimum atomic E-state index is 1.11. The fourth-order valence-electron chi connectivity index (χ4n) is 1.28. The van der Waals surface area contributed by atoms with Crippen molar-refractivity contribution in [2.75, 3.05) is 13.6 Å². The van der Waals surface area contributed by atoms with Crippen LogP contribution in [0.5, 0.6) is 0 Å². The number of nitrogens with zero attached hydrogens (tertiary/aromatic N) is 2. The molecule has 0 amide bonds. The molecule has 2 nitrogen and oxygen atoms in total. The lowest BCUT2D eigenvalue weighted by molar-refractivity contribution is 0.369. The molecule has 0 aliphatic carbocycles. The van der Waals surface area contributed by atoms with Crippen molar-refractivity contribution in [3.8, 4) is 0 Å². The van der Waals surface area contributed by atoms with Gasteiger partial charge in [0.1, 0.15) is 0 Å². The minimum Gasteiger partial charge on any atom is -0.349 e. The molecular formula is C10H18N2. The van der Waals surface area contributed by atoms with Gasteiger partial charge in [0.05, 0.1) is 0 Å². The minimum absolute atomic E-state index is 1.11. The zero-order chi connectivity index (χ0) is 8.81. The molecule has 1 rings (SSSR count). The summed E-state index contributed by atoms with van der Waals surface area (Å²) < 4.78 is 0. The van der Waals surface area contributed by atoms with Crippen LogP contribution in [-0.2, 0) is 0 Å². The van der Waals surface area contributed by atoms with E-state index in [0.717, 1.165) is 6.54 Å². The van der Waals surface area contributed by atoms with Crippen molar-refractivity contribution in [2.45, 2.75) is 32.6 Å². The highest BCUT2D eigenvalue weighted by atomic mass is 15.3. The van der Waals surface area contributed by atoms with Crippen LogP contribution in [0.3, 0.4) is 0 Å². The van der Waals surface area contributed by atoms with Crippen LogP contribution >= 0.6 is 0 Å². The van der Waals surface area contributed by atoms with Gasteiger partial charge in [-0.05, 0) is 6.42 Å². The molecule has 12 heavy (non-hydrogen) atoms.